The minimum absolute atomic E-state index is 0.0304. The van der Waals surface area contributed by atoms with Crippen LogP contribution in [-0.4, -0.2) is 30.2 Å². The summed E-state index contributed by atoms with van der Waals surface area (Å²) in [5.41, 5.74) is 0. The number of likely N-dealkylation sites (tertiary alicyclic amines) is 1. The van der Waals surface area contributed by atoms with Gasteiger partial charge in [-0.15, -0.1) is 0 Å². The molecule has 1 heterocycles. The molecule has 0 N–H and O–H groups in total. The van der Waals surface area contributed by atoms with E-state index in [1.807, 2.05) is 0 Å². The first-order chi connectivity index (χ1) is 5.27. The molecule has 0 radical (unpaired) electrons. The summed E-state index contributed by atoms with van der Waals surface area (Å²) in [6.45, 7) is 0.980. The topological polar surface area (TPSA) is 61.2 Å². The molecule has 0 spiro atoms. The van der Waals surface area contributed by atoms with Gasteiger partial charge in [-0.3, -0.25) is 9.59 Å². The van der Waals surface area contributed by atoms with Gasteiger partial charge in [-0.2, -0.15) is 5.26 Å². The summed E-state index contributed by atoms with van der Waals surface area (Å²) in [6.07, 6.45) is 0.688. The molecule has 0 aliphatic carbocycles. The van der Waals surface area contributed by atoms with Gasteiger partial charge in [0.2, 0.25) is 6.41 Å². The predicted molar refractivity (Wildman–Crippen MR) is 36.4 cm³/mol. The van der Waals surface area contributed by atoms with Crippen molar-refractivity contribution in [3.05, 3.63) is 0 Å². The van der Waals surface area contributed by atoms with E-state index in [0.717, 1.165) is 6.41 Å². The lowest BCUT2D eigenvalue weighted by atomic mass is 9.94. The molecule has 0 atom stereocenters. The van der Waals surface area contributed by atoms with Crippen LogP contribution < -0.4 is 0 Å². The number of amides is 1. The molecule has 58 valence electrons. The Labute approximate surface area is 64.4 Å². The van der Waals surface area contributed by atoms with Crippen LogP contribution in [0.1, 0.15) is 6.42 Å². The fourth-order valence-corrected chi connectivity index (χ4v) is 1.02. The molecule has 0 saturated carbocycles. The van der Waals surface area contributed by atoms with E-state index in [4.69, 9.17) is 5.26 Å². The highest BCUT2D eigenvalue weighted by Crippen LogP contribution is 2.14. The monoisotopic (exact) mass is 152 g/mol. The minimum atomic E-state index is -0.0835. The molecular formula is C7H8N2O2. The molecule has 1 saturated heterocycles. The Morgan fingerprint density at radius 3 is 2.82 bits per heavy atom. The highest BCUT2D eigenvalue weighted by Gasteiger charge is 2.30. The van der Waals surface area contributed by atoms with Crippen molar-refractivity contribution >= 4 is 12.2 Å². The third kappa shape index (κ3) is 1.55. The maximum absolute atomic E-state index is 10.9. The molecule has 0 unspecified atom stereocenters. The quantitative estimate of drug-likeness (QED) is 0.515. The zero-order chi connectivity index (χ0) is 8.27. The standard InChI is InChI=1S/C7H8N2O2/c8-2-1-7(11)6-3-9(4-6)5-10/h5-6H,1,3-4H2. The van der Waals surface area contributed by atoms with Crippen LogP contribution in [0.3, 0.4) is 0 Å². The Kier molecular flexibility index (Phi) is 2.21. The Balaban J connectivity index is 2.27. The second kappa shape index (κ2) is 3.15. The molecule has 4 nitrogen and oxygen atoms in total. The number of ketones is 1. The Hall–Kier alpha value is -1.37. The molecule has 0 aromatic heterocycles. The van der Waals surface area contributed by atoms with Gasteiger partial charge in [0.15, 0.2) is 5.78 Å². The molecule has 1 amide bonds. The number of hydrogen-bond donors (Lipinski definition) is 0. The minimum Gasteiger partial charge on any atom is -0.344 e. The van der Waals surface area contributed by atoms with Crippen LogP contribution in [0.5, 0.6) is 0 Å². The van der Waals surface area contributed by atoms with Gasteiger partial charge in [0, 0.05) is 13.1 Å². The first-order valence-electron chi connectivity index (χ1n) is 3.37. The Morgan fingerprint density at radius 1 is 1.73 bits per heavy atom. The van der Waals surface area contributed by atoms with Crippen LogP contribution in [-0.2, 0) is 9.59 Å². The van der Waals surface area contributed by atoms with Crippen LogP contribution in [0.4, 0.5) is 0 Å². The van der Waals surface area contributed by atoms with E-state index in [1.54, 1.807) is 6.07 Å². The normalized spacial score (nSPS) is 16.8. The molecule has 0 bridgehead atoms. The largest absolute Gasteiger partial charge is 0.344 e. The Morgan fingerprint density at radius 2 is 2.36 bits per heavy atom. The SMILES string of the molecule is N#CCC(=O)C1CN(C=O)C1. The van der Waals surface area contributed by atoms with E-state index in [1.165, 1.54) is 4.90 Å². The van der Waals surface area contributed by atoms with Gasteiger partial charge in [0.1, 0.15) is 0 Å². The third-order valence-electron chi connectivity index (χ3n) is 1.77. The third-order valence-corrected chi connectivity index (χ3v) is 1.77. The van der Waals surface area contributed by atoms with Crippen molar-refractivity contribution in [2.45, 2.75) is 6.42 Å². The van der Waals surface area contributed by atoms with Crippen molar-refractivity contribution in [2.24, 2.45) is 5.92 Å². The van der Waals surface area contributed by atoms with Crippen molar-refractivity contribution in [1.82, 2.24) is 4.90 Å². The van der Waals surface area contributed by atoms with E-state index in [0.29, 0.717) is 13.1 Å². The highest BCUT2D eigenvalue weighted by atomic mass is 16.1. The first-order valence-corrected chi connectivity index (χ1v) is 3.37. The van der Waals surface area contributed by atoms with Gasteiger partial charge in [-0.1, -0.05) is 0 Å². The highest BCUT2D eigenvalue weighted by molar-refractivity contribution is 5.84. The number of nitriles is 1. The predicted octanol–water partition coefficient (Wildman–Crippen LogP) is -0.443. The summed E-state index contributed by atoms with van der Waals surface area (Å²) in [7, 11) is 0. The number of nitrogens with zero attached hydrogens (tertiary/aromatic N) is 2. The molecule has 4 heteroatoms. The summed E-state index contributed by atoms with van der Waals surface area (Å²) in [6, 6.07) is 1.79. The lowest BCUT2D eigenvalue weighted by Gasteiger charge is -2.34. The lowest BCUT2D eigenvalue weighted by Crippen LogP contribution is -2.49. The number of carbonyl (C=O) groups excluding carboxylic acids is 2. The van der Waals surface area contributed by atoms with Crippen molar-refractivity contribution in [1.29, 1.82) is 5.26 Å². The van der Waals surface area contributed by atoms with E-state index in [2.05, 4.69) is 0 Å². The summed E-state index contributed by atoms with van der Waals surface area (Å²) < 4.78 is 0. The zero-order valence-electron chi connectivity index (χ0n) is 5.99. The molecular weight excluding hydrogens is 144 g/mol. The van der Waals surface area contributed by atoms with Crippen molar-refractivity contribution in [2.75, 3.05) is 13.1 Å². The van der Waals surface area contributed by atoms with Crippen LogP contribution in [0, 0.1) is 17.2 Å². The zero-order valence-corrected chi connectivity index (χ0v) is 5.99. The number of hydrogen-bond acceptors (Lipinski definition) is 3. The molecule has 1 aliphatic rings. The smallest absolute Gasteiger partial charge is 0.209 e. The molecule has 1 rings (SSSR count). The van der Waals surface area contributed by atoms with E-state index in [-0.39, 0.29) is 18.1 Å². The number of carbonyl (C=O) groups is 2. The summed E-state index contributed by atoms with van der Waals surface area (Å²) in [4.78, 5) is 22.5. The fourth-order valence-electron chi connectivity index (χ4n) is 1.02. The van der Waals surface area contributed by atoms with Crippen LogP contribution in [0.15, 0.2) is 0 Å². The average molecular weight is 152 g/mol. The van der Waals surface area contributed by atoms with E-state index in [9.17, 15) is 9.59 Å². The second-order valence-corrected chi connectivity index (χ2v) is 2.56. The van der Waals surface area contributed by atoms with Gasteiger partial charge in [0.25, 0.3) is 0 Å². The summed E-state index contributed by atoms with van der Waals surface area (Å²) in [5, 5.41) is 8.17. The van der Waals surface area contributed by atoms with Gasteiger partial charge < -0.3 is 4.90 Å². The van der Waals surface area contributed by atoms with E-state index < -0.39 is 0 Å². The van der Waals surface area contributed by atoms with E-state index >= 15 is 0 Å². The fraction of sp³-hybridized carbons (Fsp3) is 0.571. The molecule has 1 fully saturated rings. The molecule has 0 aromatic carbocycles. The van der Waals surface area contributed by atoms with Crippen molar-refractivity contribution < 1.29 is 9.59 Å². The Bertz CT molecular complexity index is 213. The van der Waals surface area contributed by atoms with Gasteiger partial charge in [0.05, 0.1) is 18.4 Å². The van der Waals surface area contributed by atoms with Gasteiger partial charge in [-0.05, 0) is 0 Å². The lowest BCUT2D eigenvalue weighted by molar-refractivity contribution is -0.133. The molecule has 1 aliphatic heterocycles. The first kappa shape index (κ1) is 7.73. The summed E-state index contributed by atoms with van der Waals surface area (Å²) in [5.74, 6) is -0.134. The maximum atomic E-state index is 10.9. The number of rotatable bonds is 3. The average Bonchev–Trinajstić information content (AvgIpc) is 1.86. The van der Waals surface area contributed by atoms with Crippen molar-refractivity contribution in [3.8, 4) is 6.07 Å². The second-order valence-electron chi connectivity index (χ2n) is 2.56. The number of Topliss-reactive ketones (excluding diaryl/α,β-unsaturated/α-hetero) is 1. The van der Waals surface area contributed by atoms with Crippen molar-refractivity contribution in [3.63, 3.8) is 0 Å². The van der Waals surface area contributed by atoms with Gasteiger partial charge >= 0.3 is 0 Å². The van der Waals surface area contributed by atoms with Gasteiger partial charge in [-0.25, -0.2) is 0 Å². The maximum Gasteiger partial charge on any atom is 0.209 e. The van der Waals surface area contributed by atoms with Crippen LogP contribution >= 0.6 is 0 Å². The summed E-state index contributed by atoms with van der Waals surface area (Å²) >= 11 is 0. The molecule has 0 aromatic rings. The van der Waals surface area contributed by atoms with Crippen LogP contribution in [0.2, 0.25) is 0 Å². The van der Waals surface area contributed by atoms with Crippen LogP contribution in [0.25, 0.3) is 0 Å². The molecule has 11 heavy (non-hydrogen) atoms.